The Balaban J connectivity index is 1.45. The number of anilines is 1. The number of aryl methyl sites for hydroxylation is 2. The van der Waals surface area contributed by atoms with E-state index in [9.17, 15) is 4.79 Å². The van der Waals surface area contributed by atoms with Crippen molar-refractivity contribution in [1.82, 2.24) is 14.8 Å². The average molecular weight is 401 g/mol. The van der Waals surface area contributed by atoms with Crippen molar-refractivity contribution in [2.45, 2.75) is 46.6 Å². The highest BCUT2D eigenvalue weighted by molar-refractivity contribution is 7.09. The minimum atomic E-state index is 0.0631. The highest BCUT2D eigenvalue weighted by Crippen LogP contribution is 2.24. The Morgan fingerprint density at radius 2 is 1.68 bits per heavy atom. The minimum Gasteiger partial charge on any atom is -0.325 e. The van der Waals surface area contributed by atoms with Crippen LogP contribution in [-0.2, 0) is 16.8 Å². The van der Waals surface area contributed by atoms with E-state index in [0.717, 1.165) is 38.4 Å². The molecule has 1 aliphatic heterocycles. The van der Waals surface area contributed by atoms with Gasteiger partial charge in [0.05, 0.1) is 18.8 Å². The zero-order chi connectivity index (χ0) is 20.3. The van der Waals surface area contributed by atoms with Crippen LogP contribution in [0.25, 0.3) is 0 Å². The summed E-state index contributed by atoms with van der Waals surface area (Å²) in [5, 5.41) is 6.41. The molecule has 0 saturated carbocycles. The molecule has 0 atom stereocenters. The Bertz CT molecular complexity index is 796. The molecule has 1 fully saturated rings. The van der Waals surface area contributed by atoms with Crippen molar-refractivity contribution in [2.24, 2.45) is 0 Å². The smallest absolute Gasteiger partial charge is 0.238 e. The lowest BCUT2D eigenvalue weighted by Crippen LogP contribution is -2.48. The highest BCUT2D eigenvalue weighted by Gasteiger charge is 2.22. The summed E-state index contributed by atoms with van der Waals surface area (Å²) in [7, 11) is 0. The van der Waals surface area contributed by atoms with Crippen LogP contribution in [0.2, 0.25) is 0 Å². The Hall–Kier alpha value is -1.76. The van der Waals surface area contributed by atoms with E-state index in [2.05, 4.69) is 61.2 Å². The van der Waals surface area contributed by atoms with E-state index in [-0.39, 0.29) is 11.3 Å². The number of hydrogen-bond donors (Lipinski definition) is 1. The fraction of sp³-hybridized carbons (Fsp3) is 0.545. The van der Waals surface area contributed by atoms with Gasteiger partial charge >= 0.3 is 0 Å². The van der Waals surface area contributed by atoms with Crippen LogP contribution in [0.4, 0.5) is 5.69 Å². The Morgan fingerprint density at radius 1 is 1.07 bits per heavy atom. The van der Waals surface area contributed by atoms with E-state index in [1.54, 1.807) is 11.3 Å². The summed E-state index contributed by atoms with van der Waals surface area (Å²) >= 11 is 1.75. The molecule has 152 valence electrons. The quantitative estimate of drug-likeness (QED) is 0.829. The van der Waals surface area contributed by atoms with Crippen LogP contribution >= 0.6 is 11.3 Å². The summed E-state index contributed by atoms with van der Waals surface area (Å²) in [6, 6.07) is 6.15. The third-order valence-corrected chi connectivity index (χ3v) is 5.85. The lowest BCUT2D eigenvalue weighted by molar-refractivity contribution is -0.117. The van der Waals surface area contributed by atoms with Gasteiger partial charge in [0.25, 0.3) is 0 Å². The maximum absolute atomic E-state index is 12.4. The van der Waals surface area contributed by atoms with Gasteiger partial charge < -0.3 is 5.32 Å². The number of nitrogens with one attached hydrogen (secondary N) is 1. The van der Waals surface area contributed by atoms with Gasteiger partial charge in [-0.25, -0.2) is 4.98 Å². The average Bonchev–Trinajstić information content (AvgIpc) is 3.04. The zero-order valence-corrected chi connectivity index (χ0v) is 18.5. The molecule has 0 bridgehead atoms. The molecule has 1 aromatic heterocycles. The molecule has 1 aliphatic rings. The first-order valence-corrected chi connectivity index (χ1v) is 10.8. The van der Waals surface area contributed by atoms with Gasteiger partial charge in [0, 0.05) is 42.7 Å². The number of hydrogen-bond acceptors (Lipinski definition) is 5. The number of rotatable bonds is 5. The van der Waals surface area contributed by atoms with E-state index in [4.69, 9.17) is 4.98 Å². The molecule has 5 nitrogen and oxygen atoms in total. The summed E-state index contributed by atoms with van der Waals surface area (Å²) in [6.07, 6.45) is 0. The van der Waals surface area contributed by atoms with E-state index in [1.807, 2.05) is 12.1 Å². The molecular formula is C22H32N4OS. The standard InChI is InChI=1S/C22H32N4OS/c1-16-10-17(2)12-18(11-16)23-20(27)13-25-6-8-26(9-7-25)14-21-24-19(15-28-21)22(3,4)5/h10-12,15H,6-9,13-14H2,1-5H3,(H,23,27). The Labute approximate surface area is 172 Å². The van der Waals surface area contributed by atoms with Gasteiger partial charge in [0.2, 0.25) is 5.91 Å². The molecule has 2 aromatic rings. The fourth-order valence-electron chi connectivity index (χ4n) is 3.48. The first-order valence-electron chi connectivity index (χ1n) is 9.97. The van der Waals surface area contributed by atoms with Crippen molar-refractivity contribution >= 4 is 22.9 Å². The van der Waals surface area contributed by atoms with Crippen LogP contribution < -0.4 is 5.32 Å². The number of piperazine rings is 1. The molecule has 1 saturated heterocycles. The van der Waals surface area contributed by atoms with Gasteiger partial charge in [-0.2, -0.15) is 0 Å². The number of amides is 1. The van der Waals surface area contributed by atoms with Crippen LogP contribution in [0.1, 0.15) is 42.6 Å². The van der Waals surface area contributed by atoms with Gasteiger partial charge in [0.1, 0.15) is 5.01 Å². The summed E-state index contributed by atoms with van der Waals surface area (Å²) in [6.45, 7) is 15.8. The number of nitrogens with zero attached hydrogens (tertiary/aromatic N) is 3. The number of benzene rings is 1. The number of carbonyl (C=O) groups excluding carboxylic acids is 1. The third-order valence-electron chi connectivity index (χ3n) is 5.02. The van der Waals surface area contributed by atoms with E-state index < -0.39 is 0 Å². The molecule has 6 heteroatoms. The molecule has 0 spiro atoms. The zero-order valence-electron chi connectivity index (χ0n) is 17.7. The molecule has 28 heavy (non-hydrogen) atoms. The SMILES string of the molecule is Cc1cc(C)cc(NC(=O)CN2CCN(Cc3nc(C(C)(C)C)cs3)CC2)c1. The highest BCUT2D eigenvalue weighted by atomic mass is 32.1. The molecule has 1 amide bonds. The molecule has 0 radical (unpaired) electrons. The molecule has 0 aliphatic carbocycles. The normalized spacial score (nSPS) is 16.3. The van der Waals surface area contributed by atoms with Crippen molar-refractivity contribution in [3.05, 3.63) is 45.4 Å². The maximum atomic E-state index is 12.4. The van der Waals surface area contributed by atoms with E-state index in [0.29, 0.717) is 6.54 Å². The Morgan fingerprint density at radius 3 is 2.25 bits per heavy atom. The van der Waals surface area contributed by atoms with Crippen LogP contribution in [0, 0.1) is 13.8 Å². The molecular weight excluding hydrogens is 368 g/mol. The minimum absolute atomic E-state index is 0.0631. The second-order valence-corrected chi connectivity index (χ2v) is 9.80. The largest absolute Gasteiger partial charge is 0.325 e. The lowest BCUT2D eigenvalue weighted by atomic mass is 9.93. The molecule has 1 N–H and O–H groups in total. The maximum Gasteiger partial charge on any atom is 0.238 e. The number of aromatic nitrogens is 1. The van der Waals surface area contributed by atoms with Gasteiger partial charge in [-0.15, -0.1) is 11.3 Å². The Kier molecular flexibility index (Phi) is 6.53. The fourth-order valence-corrected chi connectivity index (χ4v) is 4.54. The first kappa shape index (κ1) is 21.0. The van der Waals surface area contributed by atoms with Gasteiger partial charge in [-0.05, 0) is 37.1 Å². The second-order valence-electron chi connectivity index (χ2n) is 8.85. The number of thiazole rings is 1. The summed E-state index contributed by atoms with van der Waals surface area (Å²) in [5.74, 6) is 0.0631. The number of carbonyl (C=O) groups is 1. The summed E-state index contributed by atoms with van der Waals surface area (Å²) in [4.78, 5) is 21.9. The van der Waals surface area contributed by atoms with Gasteiger partial charge in [-0.3, -0.25) is 14.6 Å². The third kappa shape index (κ3) is 5.87. The van der Waals surface area contributed by atoms with Gasteiger partial charge in [-0.1, -0.05) is 26.8 Å². The van der Waals surface area contributed by atoms with Crippen LogP contribution in [0.15, 0.2) is 23.6 Å². The van der Waals surface area contributed by atoms with Crippen molar-refractivity contribution in [1.29, 1.82) is 0 Å². The van der Waals surface area contributed by atoms with Crippen molar-refractivity contribution in [2.75, 3.05) is 38.0 Å². The molecule has 3 rings (SSSR count). The topological polar surface area (TPSA) is 48.5 Å². The van der Waals surface area contributed by atoms with Crippen molar-refractivity contribution < 1.29 is 4.79 Å². The van der Waals surface area contributed by atoms with Crippen LogP contribution in [0.5, 0.6) is 0 Å². The van der Waals surface area contributed by atoms with Crippen molar-refractivity contribution in [3.63, 3.8) is 0 Å². The monoisotopic (exact) mass is 400 g/mol. The summed E-state index contributed by atoms with van der Waals surface area (Å²) in [5.41, 5.74) is 4.51. The first-order chi connectivity index (χ1) is 13.2. The van der Waals surface area contributed by atoms with E-state index in [1.165, 1.54) is 21.8 Å². The predicted octanol–water partition coefficient (Wildman–Crippen LogP) is 3.81. The predicted molar refractivity (Wildman–Crippen MR) is 117 cm³/mol. The molecule has 1 aromatic carbocycles. The molecule has 0 unspecified atom stereocenters. The van der Waals surface area contributed by atoms with Gasteiger partial charge in [0.15, 0.2) is 0 Å². The second kappa shape index (κ2) is 8.72. The molecule has 2 heterocycles. The van der Waals surface area contributed by atoms with E-state index >= 15 is 0 Å². The van der Waals surface area contributed by atoms with Crippen molar-refractivity contribution in [3.8, 4) is 0 Å². The summed E-state index contributed by atoms with van der Waals surface area (Å²) < 4.78 is 0. The lowest BCUT2D eigenvalue weighted by Gasteiger charge is -2.33. The van der Waals surface area contributed by atoms with Crippen LogP contribution in [-0.4, -0.2) is 53.4 Å². The van der Waals surface area contributed by atoms with Crippen LogP contribution in [0.3, 0.4) is 0 Å².